The van der Waals surface area contributed by atoms with Gasteiger partial charge in [0.25, 0.3) is 0 Å². The van der Waals surface area contributed by atoms with Crippen LogP contribution in [0.25, 0.3) is 0 Å². The highest BCUT2D eigenvalue weighted by Crippen LogP contribution is 2.19. The fourth-order valence-corrected chi connectivity index (χ4v) is 3.85. The van der Waals surface area contributed by atoms with Crippen molar-refractivity contribution in [2.24, 2.45) is 23.1 Å². The zero-order valence-electron chi connectivity index (χ0n) is 24.8. The number of hydrogen-bond donors (Lipinski definition) is 7. The van der Waals surface area contributed by atoms with Gasteiger partial charge in [-0.25, -0.2) is 4.79 Å². The molecule has 0 unspecified atom stereocenters. The summed E-state index contributed by atoms with van der Waals surface area (Å²) in [6.07, 6.45) is -0.604. The lowest BCUT2D eigenvalue weighted by molar-refractivity contribution is -0.144. The monoisotopic (exact) mass is 592 g/mol. The lowest BCUT2D eigenvalue weighted by Gasteiger charge is -2.28. The van der Waals surface area contributed by atoms with Gasteiger partial charge in [0.1, 0.15) is 29.5 Å². The molecule has 0 radical (unpaired) electrons. The summed E-state index contributed by atoms with van der Waals surface area (Å²) in [6.45, 7) is 9.29. The van der Waals surface area contributed by atoms with Gasteiger partial charge in [-0.05, 0) is 57.2 Å². The minimum absolute atomic E-state index is 0.177. The van der Waals surface area contributed by atoms with Crippen LogP contribution in [0.2, 0.25) is 0 Å². The maximum Gasteiger partial charge on any atom is 0.326 e. The topological polar surface area (TPSA) is 246 Å². The van der Waals surface area contributed by atoms with E-state index in [0.29, 0.717) is 12.2 Å². The molecule has 1 aromatic rings. The predicted octanol–water partition coefficient (Wildman–Crippen LogP) is -0.540. The third-order valence-electron chi connectivity index (χ3n) is 6.27. The zero-order valence-corrected chi connectivity index (χ0v) is 24.8. The van der Waals surface area contributed by atoms with E-state index in [-0.39, 0.29) is 24.9 Å². The van der Waals surface area contributed by atoms with E-state index < -0.39 is 72.0 Å². The van der Waals surface area contributed by atoms with Crippen molar-refractivity contribution in [3.05, 3.63) is 29.8 Å². The number of rotatable bonds is 17. The summed E-state index contributed by atoms with van der Waals surface area (Å²) in [5.41, 5.74) is 16.8. The second kappa shape index (κ2) is 16.3. The molecule has 1 rings (SSSR count). The number of carboxylic acid groups (broad SMARTS) is 1. The maximum absolute atomic E-state index is 13.3. The molecule has 10 N–H and O–H groups in total. The summed E-state index contributed by atoms with van der Waals surface area (Å²) >= 11 is 0. The van der Waals surface area contributed by atoms with Gasteiger partial charge in [-0.3, -0.25) is 24.0 Å². The van der Waals surface area contributed by atoms with Crippen molar-refractivity contribution in [2.75, 3.05) is 0 Å². The quantitative estimate of drug-likeness (QED) is 0.123. The standard InChI is InChI=1S/C28H44N6O8/c1-6-15(2)23(34-24(37)18(29)13-16-7-9-17(10-8-16)42-28(3,4)5)26(39)32-19(11-12-21(30)35)25(38)33-20(27(40)41)14-22(31)36/h7-10,15,18-20,23H,6,11-14,29H2,1-5H3,(H2,30,35)(H2,31,36)(H,32,39)(H,33,38)(H,34,37)(H,40,41)/t15-,18-,19-,20-,23-/m0/s1. The number of amides is 5. The molecule has 14 nitrogen and oxygen atoms in total. The molecule has 0 fully saturated rings. The van der Waals surface area contributed by atoms with Gasteiger partial charge in [-0.2, -0.15) is 0 Å². The third kappa shape index (κ3) is 13.0. The van der Waals surface area contributed by atoms with Crippen molar-refractivity contribution in [1.29, 1.82) is 0 Å². The van der Waals surface area contributed by atoms with Gasteiger partial charge in [0.2, 0.25) is 29.5 Å². The molecule has 0 saturated carbocycles. The van der Waals surface area contributed by atoms with Crippen LogP contribution in [-0.4, -0.2) is 70.4 Å². The molecular formula is C28H44N6O8. The number of primary amides is 2. The molecule has 0 bridgehead atoms. The van der Waals surface area contributed by atoms with Crippen LogP contribution < -0.4 is 37.9 Å². The molecule has 0 aliphatic heterocycles. The normalized spacial score (nSPS) is 14.8. The second-order valence-corrected chi connectivity index (χ2v) is 11.2. The van der Waals surface area contributed by atoms with Crippen LogP contribution in [0.4, 0.5) is 0 Å². The summed E-state index contributed by atoms with van der Waals surface area (Å²) in [6, 6.07) is 1.96. The van der Waals surface area contributed by atoms with Gasteiger partial charge in [0, 0.05) is 6.42 Å². The molecule has 1 aromatic carbocycles. The Balaban J connectivity index is 3.02. The van der Waals surface area contributed by atoms with Crippen LogP contribution in [0.1, 0.15) is 65.9 Å². The number of ether oxygens (including phenoxy) is 1. The van der Waals surface area contributed by atoms with Crippen molar-refractivity contribution in [2.45, 2.75) is 96.5 Å². The number of nitrogens with one attached hydrogen (secondary N) is 3. The largest absolute Gasteiger partial charge is 0.488 e. The molecule has 42 heavy (non-hydrogen) atoms. The summed E-state index contributed by atoms with van der Waals surface area (Å²) in [4.78, 5) is 73.2. The Morgan fingerprint density at radius 3 is 1.93 bits per heavy atom. The molecule has 0 aliphatic rings. The molecule has 5 amide bonds. The predicted molar refractivity (Wildman–Crippen MR) is 154 cm³/mol. The molecule has 0 aliphatic carbocycles. The third-order valence-corrected chi connectivity index (χ3v) is 6.27. The van der Waals surface area contributed by atoms with Crippen molar-refractivity contribution in [3.8, 4) is 5.75 Å². The van der Waals surface area contributed by atoms with Gasteiger partial charge < -0.3 is 43.0 Å². The summed E-state index contributed by atoms with van der Waals surface area (Å²) in [5, 5.41) is 16.6. The number of carboxylic acids is 1. The number of carbonyl (C=O) groups is 6. The summed E-state index contributed by atoms with van der Waals surface area (Å²) in [5.74, 6) is -5.29. The van der Waals surface area contributed by atoms with E-state index in [4.69, 9.17) is 21.9 Å². The lowest BCUT2D eigenvalue weighted by Crippen LogP contribution is -2.59. The summed E-state index contributed by atoms with van der Waals surface area (Å²) in [7, 11) is 0. The first-order chi connectivity index (χ1) is 19.4. The average molecular weight is 593 g/mol. The summed E-state index contributed by atoms with van der Waals surface area (Å²) < 4.78 is 5.80. The Hall–Kier alpha value is -4.20. The molecule has 0 aromatic heterocycles. The Labute approximate surface area is 245 Å². The molecule has 5 atom stereocenters. The number of hydrogen-bond acceptors (Lipinski definition) is 8. The van der Waals surface area contributed by atoms with E-state index in [1.165, 1.54) is 0 Å². The second-order valence-electron chi connectivity index (χ2n) is 11.2. The average Bonchev–Trinajstić information content (AvgIpc) is 2.88. The Morgan fingerprint density at radius 2 is 1.45 bits per heavy atom. The van der Waals surface area contributed by atoms with E-state index in [1.54, 1.807) is 38.1 Å². The van der Waals surface area contributed by atoms with Crippen LogP contribution >= 0.6 is 0 Å². The Morgan fingerprint density at radius 1 is 0.881 bits per heavy atom. The van der Waals surface area contributed by atoms with E-state index in [9.17, 15) is 33.9 Å². The van der Waals surface area contributed by atoms with Crippen LogP contribution in [0.5, 0.6) is 5.75 Å². The number of aliphatic carboxylic acids is 1. The van der Waals surface area contributed by atoms with E-state index in [1.807, 2.05) is 20.8 Å². The first-order valence-electron chi connectivity index (χ1n) is 13.7. The van der Waals surface area contributed by atoms with Gasteiger partial charge in [0.05, 0.1) is 12.5 Å². The minimum Gasteiger partial charge on any atom is -0.488 e. The maximum atomic E-state index is 13.3. The van der Waals surface area contributed by atoms with E-state index in [0.717, 1.165) is 5.56 Å². The van der Waals surface area contributed by atoms with Crippen molar-refractivity contribution < 1.29 is 38.6 Å². The lowest BCUT2D eigenvalue weighted by atomic mass is 9.96. The van der Waals surface area contributed by atoms with Gasteiger partial charge in [-0.15, -0.1) is 0 Å². The molecule has 234 valence electrons. The van der Waals surface area contributed by atoms with Gasteiger partial charge in [-0.1, -0.05) is 32.4 Å². The van der Waals surface area contributed by atoms with Crippen LogP contribution in [-0.2, 0) is 35.2 Å². The molecule has 0 spiro atoms. The first-order valence-corrected chi connectivity index (χ1v) is 13.7. The highest BCUT2D eigenvalue weighted by atomic mass is 16.5. The van der Waals surface area contributed by atoms with Crippen LogP contribution in [0.3, 0.4) is 0 Å². The highest BCUT2D eigenvalue weighted by molar-refractivity contribution is 5.95. The van der Waals surface area contributed by atoms with E-state index in [2.05, 4.69) is 16.0 Å². The molecule has 14 heteroatoms. The molecule has 0 heterocycles. The smallest absolute Gasteiger partial charge is 0.326 e. The Kier molecular flexibility index (Phi) is 13.9. The van der Waals surface area contributed by atoms with Gasteiger partial charge in [0.15, 0.2) is 0 Å². The van der Waals surface area contributed by atoms with Crippen molar-refractivity contribution in [3.63, 3.8) is 0 Å². The van der Waals surface area contributed by atoms with Crippen LogP contribution in [0.15, 0.2) is 24.3 Å². The number of nitrogens with two attached hydrogens (primary N) is 3. The SMILES string of the molecule is CC[C@H](C)[C@H](NC(=O)[C@@H](N)Cc1ccc(OC(C)(C)C)cc1)C(=O)N[C@@H](CCC(N)=O)C(=O)N[C@@H](CC(N)=O)C(=O)O. The minimum atomic E-state index is -1.65. The number of carbonyl (C=O) groups excluding carboxylic acids is 5. The number of benzene rings is 1. The molecule has 0 saturated heterocycles. The van der Waals surface area contributed by atoms with Gasteiger partial charge >= 0.3 is 5.97 Å². The van der Waals surface area contributed by atoms with Crippen molar-refractivity contribution >= 4 is 35.5 Å². The Bertz CT molecular complexity index is 1120. The highest BCUT2D eigenvalue weighted by Gasteiger charge is 2.33. The van der Waals surface area contributed by atoms with E-state index >= 15 is 0 Å². The fourth-order valence-electron chi connectivity index (χ4n) is 3.85. The van der Waals surface area contributed by atoms with Crippen LogP contribution in [0, 0.1) is 5.92 Å². The van der Waals surface area contributed by atoms with Crippen molar-refractivity contribution in [1.82, 2.24) is 16.0 Å². The first kappa shape index (κ1) is 35.8. The fraction of sp³-hybridized carbons (Fsp3) is 0.571. The zero-order chi connectivity index (χ0) is 32.2. The molecular weight excluding hydrogens is 548 g/mol.